The zero-order valence-corrected chi connectivity index (χ0v) is 17.1. The van der Waals surface area contributed by atoms with Crippen molar-refractivity contribution in [1.82, 2.24) is 10.3 Å². The fourth-order valence-corrected chi connectivity index (χ4v) is 4.01. The van der Waals surface area contributed by atoms with Crippen LogP contribution in [0.2, 0.25) is 0 Å². The number of hydrogen-bond donors (Lipinski definition) is 3. The van der Waals surface area contributed by atoms with Crippen molar-refractivity contribution >= 4 is 44.3 Å². The van der Waals surface area contributed by atoms with Gasteiger partial charge in [0.25, 0.3) is 5.91 Å². The topological polar surface area (TPSA) is 83.1 Å². The molecule has 4 aromatic rings. The molecule has 0 unspecified atom stereocenters. The van der Waals surface area contributed by atoms with E-state index in [1.165, 1.54) is 11.3 Å². The summed E-state index contributed by atoms with van der Waals surface area (Å²) in [7, 11) is 0. The summed E-state index contributed by atoms with van der Waals surface area (Å²) < 4.78 is 0.886. The standard InChI is InChI=1S/C23H20N4O2S/c1-15-12-18(25-22(29)24-14-16-8-4-2-5-9-16)13-19-20(15)26-23(30-19)27-21(28)17-10-6-3-7-11-17/h2-13H,14H2,1H3,(H2,24,25,29)(H,26,27,28). The lowest BCUT2D eigenvalue weighted by Gasteiger charge is -2.08. The van der Waals surface area contributed by atoms with Crippen molar-refractivity contribution in [3.63, 3.8) is 0 Å². The molecule has 0 bridgehead atoms. The number of thiazole rings is 1. The van der Waals surface area contributed by atoms with Gasteiger partial charge < -0.3 is 10.6 Å². The van der Waals surface area contributed by atoms with E-state index in [9.17, 15) is 9.59 Å². The Morgan fingerprint density at radius 3 is 2.37 bits per heavy atom. The number of amides is 3. The predicted octanol–water partition coefficient (Wildman–Crippen LogP) is 5.18. The Morgan fingerprint density at radius 1 is 0.933 bits per heavy atom. The van der Waals surface area contributed by atoms with Gasteiger partial charge in [0, 0.05) is 17.8 Å². The molecule has 0 aliphatic carbocycles. The molecule has 0 aliphatic rings. The lowest BCUT2D eigenvalue weighted by atomic mass is 10.2. The summed E-state index contributed by atoms with van der Waals surface area (Å²) in [6.07, 6.45) is 0. The number of nitrogens with zero attached hydrogens (tertiary/aromatic N) is 1. The maximum atomic E-state index is 12.4. The molecule has 7 heteroatoms. The minimum Gasteiger partial charge on any atom is -0.334 e. The second-order valence-electron chi connectivity index (χ2n) is 6.77. The SMILES string of the molecule is Cc1cc(NC(=O)NCc2ccccc2)cc2sc(NC(=O)c3ccccc3)nc12. The van der Waals surface area contributed by atoms with Gasteiger partial charge in [-0.1, -0.05) is 59.9 Å². The summed E-state index contributed by atoms with van der Waals surface area (Å²) in [6, 6.07) is 22.2. The molecule has 0 atom stereocenters. The second-order valence-corrected chi connectivity index (χ2v) is 7.80. The molecular weight excluding hydrogens is 396 g/mol. The number of urea groups is 1. The van der Waals surface area contributed by atoms with Gasteiger partial charge in [-0.25, -0.2) is 9.78 Å². The van der Waals surface area contributed by atoms with Gasteiger partial charge in [0.1, 0.15) is 0 Å². The maximum absolute atomic E-state index is 12.4. The lowest BCUT2D eigenvalue weighted by molar-refractivity contribution is 0.102. The number of nitrogens with one attached hydrogen (secondary N) is 3. The first-order chi connectivity index (χ1) is 14.6. The number of anilines is 2. The number of carbonyl (C=O) groups is 2. The molecule has 3 N–H and O–H groups in total. The third-order valence-electron chi connectivity index (χ3n) is 4.50. The average Bonchev–Trinajstić information content (AvgIpc) is 3.16. The van der Waals surface area contributed by atoms with Crippen LogP contribution in [0.3, 0.4) is 0 Å². The minimum absolute atomic E-state index is 0.203. The fraction of sp³-hybridized carbons (Fsp3) is 0.0870. The van der Waals surface area contributed by atoms with Crippen LogP contribution in [0.4, 0.5) is 15.6 Å². The molecule has 0 spiro atoms. The summed E-state index contributed by atoms with van der Waals surface area (Å²) in [6.45, 7) is 2.38. The Hall–Kier alpha value is -3.71. The van der Waals surface area contributed by atoms with Gasteiger partial charge in [-0.2, -0.15) is 0 Å². The molecule has 150 valence electrons. The highest BCUT2D eigenvalue weighted by Gasteiger charge is 2.12. The summed E-state index contributed by atoms with van der Waals surface area (Å²) >= 11 is 1.37. The van der Waals surface area contributed by atoms with E-state index in [0.29, 0.717) is 22.9 Å². The van der Waals surface area contributed by atoms with Gasteiger partial charge in [0.2, 0.25) is 0 Å². The van der Waals surface area contributed by atoms with Gasteiger partial charge >= 0.3 is 6.03 Å². The van der Waals surface area contributed by atoms with E-state index in [4.69, 9.17) is 0 Å². The van der Waals surface area contributed by atoms with Crippen LogP contribution in [0.15, 0.2) is 72.8 Å². The molecule has 0 fully saturated rings. The monoisotopic (exact) mass is 416 g/mol. The molecule has 6 nitrogen and oxygen atoms in total. The van der Waals surface area contributed by atoms with Crippen LogP contribution in [-0.4, -0.2) is 16.9 Å². The normalized spacial score (nSPS) is 10.6. The number of fused-ring (bicyclic) bond motifs is 1. The van der Waals surface area contributed by atoms with Gasteiger partial charge in [-0.3, -0.25) is 10.1 Å². The molecule has 0 aliphatic heterocycles. The maximum Gasteiger partial charge on any atom is 0.319 e. The number of carbonyl (C=O) groups excluding carboxylic acids is 2. The highest BCUT2D eigenvalue weighted by atomic mass is 32.1. The zero-order chi connectivity index (χ0) is 20.9. The zero-order valence-electron chi connectivity index (χ0n) is 16.3. The number of aromatic nitrogens is 1. The third kappa shape index (κ3) is 4.64. The van der Waals surface area contributed by atoms with E-state index < -0.39 is 0 Å². The van der Waals surface area contributed by atoms with Crippen LogP contribution in [0.5, 0.6) is 0 Å². The first-order valence-corrected chi connectivity index (χ1v) is 10.3. The van der Waals surface area contributed by atoms with Crippen molar-refractivity contribution in [2.45, 2.75) is 13.5 Å². The average molecular weight is 417 g/mol. The smallest absolute Gasteiger partial charge is 0.319 e. The highest BCUT2D eigenvalue weighted by Crippen LogP contribution is 2.31. The van der Waals surface area contributed by atoms with Crippen molar-refractivity contribution < 1.29 is 9.59 Å². The lowest BCUT2D eigenvalue weighted by Crippen LogP contribution is -2.28. The van der Waals surface area contributed by atoms with E-state index in [1.54, 1.807) is 12.1 Å². The molecule has 1 aromatic heterocycles. The van der Waals surface area contributed by atoms with Crippen LogP contribution in [0, 0.1) is 6.92 Å². The number of hydrogen-bond acceptors (Lipinski definition) is 4. The summed E-state index contributed by atoms with van der Waals surface area (Å²) in [5.41, 5.74) is 4.00. The van der Waals surface area contributed by atoms with Crippen LogP contribution in [0.25, 0.3) is 10.2 Å². The molecule has 3 aromatic carbocycles. The van der Waals surface area contributed by atoms with Crippen molar-refractivity contribution in [2.75, 3.05) is 10.6 Å². The summed E-state index contributed by atoms with van der Waals surface area (Å²) in [5, 5.41) is 9.07. The Morgan fingerprint density at radius 2 is 1.63 bits per heavy atom. The number of benzene rings is 3. The quantitative estimate of drug-likeness (QED) is 0.419. The van der Waals surface area contributed by atoms with Gasteiger partial charge in [-0.15, -0.1) is 0 Å². The van der Waals surface area contributed by atoms with Crippen LogP contribution in [0.1, 0.15) is 21.5 Å². The van der Waals surface area contributed by atoms with E-state index in [0.717, 1.165) is 21.3 Å². The predicted molar refractivity (Wildman–Crippen MR) is 121 cm³/mol. The van der Waals surface area contributed by atoms with Gasteiger partial charge in [0.05, 0.1) is 10.2 Å². The van der Waals surface area contributed by atoms with Gasteiger partial charge in [0.15, 0.2) is 5.13 Å². The van der Waals surface area contributed by atoms with Crippen LogP contribution in [-0.2, 0) is 6.54 Å². The summed E-state index contributed by atoms with van der Waals surface area (Å²) in [4.78, 5) is 29.1. The first kappa shape index (κ1) is 19.6. The highest BCUT2D eigenvalue weighted by molar-refractivity contribution is 7.22. The molecule has 3 amide bonds. The number of rotatable bonds is 5. The molecule has 0 saturated carbocycles. The minimum atomic E-state index is -0.278. The number of aryl methyl sites for hydroxylation is 1. The third-order valence-corrected chi connectivity index (χ3v) is 5.41. The van der Waals surface area contributed by atoms with E-state index in [-0.39, 0.29) is 11.9 Å². The molecule has 4 rings (SSSR count). The first-order valence-electron chi connectivity index (χ1n) is 9.45. The summed E-state index contributed by atoms with van der Waals surface area (Å²) in [5.74, 6) is -0.203. The Labute approximate surface area is 178 Å². The fourth-order valence-electron chi connectivity index (χ4n) is 3.03. The molecular formula is C23H20N4O2S. The largest absolute Gasteiger partial charge is 0.334 e. The Balaban J connectivity index is 1.45. The van der Waals surface area contributed by atoms with E-state index in [1.807, 2.05) is 67.6 Å². The molecule has 30 heavy (non-hydrogen) atoms. The van der Waals surface area contributed by atoms with Crippen molar-refractivity contribution in [2.24, 2.45) is 0 Å². The molecule has 0 radical (unpaired) electrons. The van der Waals surface area contributed by atoms with E-state index >= 15 is 0 Å². The van der Waals surface area contributed by atoms with Crippen molar-refractivity contribution in [1.29, 1.82) is 0 Å². The van der Waals surface area contributed by atoms with Crippen molar-refractivity contribution in [3.05, 3.63) is 89.5 Å². The molecule has 1 heterocycles. The van der Waals surface area contributed by atoms with Gasteiger partial charge in [-0.05, 0) is 42.3 Å². The van der Waals surface area contributed by atoms with Crippen LogP contribution >= 0.6 is 11.3 Å². The molecule has 0 saturated heterocycles. The van der Waals surface area contributed by atoms with Crippen molar-refractivity contribution in [3.8, 4) is 0 Å². The Kier molecular flexibility index (Phi) is 5.72. The van der Waals surface area contributed by atoms with E-state index in [2.05, 4.69) is 20.9 Å². The second kappa shape index (κ2) is 8.75. The van der Waals surface area contributed by atoms with Crippen LogP contribution < -0.4 is 16.0 Å². The Bertz CT molecular complexity index is 1190.